The van der Waals surface area contributed by atoms with Gasteiger partial charge in [-0.2, -0.15) is 0 Å². The summed E-state index contributed by atoms with van der Waals surface area (Å²) >= 11 is 0. The monoisotopic (exact) mass is 1080 g/mol. The van der Waals surface area contributed by atoms with Gasteiger partial charge in [-0.1, -0.05) is 48.5 Å². The Morgan fingerprint density at radius 3 is 1.25 bits per heavy atom. The van der Waals surface area contributed by atoms with Crippen LogP contribution in [0.5, 0.6) is 0 Å². The van der Waals surface area contributed by atoms with Gasteiger partial charge in [0.25, 0.3) is 0 Å². The molecule has 2 heterocycles. The lowest BCUT2D eigenvalue weighted by molar-refractivity contribution is -0.139. The Labute approximate surface area is 445 Å². The van der Waals surface area contributed by atoms with Gasteiger partial charge < -0.3 is 92.1 Å². The molecule has 0 spiro atoms. The zero-order chi connectivity index (χ0) is 53.7. The average Bonchev–Trinajstić information content (AvgIpc) is 4.12. The van der Waals surface area contributed by atoms with Crippen molar-refractivity contribution in [2.45, 2.75) is 61.9 Å². The minimum atomic E-state index is -1.24. The summed E-state index contributed by atoms with van der Waals surface area (Å²) in [6.07, 6.45) is -1.34. The fourth-order valence-corrected chi connectivity index (χ4v) is 8.42. The lowest BCUT2D eigenvalue weighted by Gasteiger charge is -2.19. The van der Waals surface area contributed by atoms with Crippen molar-refractivity contribution in [3.05, 3.63) is 59.7 Å². The molecule has 1 aliphatic carbocycles. The van der Waals surface area contributed by atoms with Gasteiger partial charge in [-0.05, 0) is 35.1 Å². The number of fused-ring (bicyclic) bond motifs is 4. The van der Waals surface area contributed by atoms with Crippen LogP contribution in [-0.2, 0) is 85.4 Å². The van der Waals surface area contributed by atoms with Gasteiger partial charge in [0.15, 0.2) is 0 Å². The van der Waals surface area contributed by atoms with Crippen molar-refractivity contribution >= 4 is 23.9 Å². The van der Waals surface area contributed by atoms with Crippen LogP contribution < -0.4 is 16.0 Å². The first-order valence-electron chi connectivity index (χ1n) is 26.4. The Bertz CT molecular complexity index is 1870. The molecule has 23 heteroatoms. The summed E-state index contributed by atoms with van der Waals surface area (Å²) < 4.78 is 82.5. The number of nitrogens with one attached hydrogen (secondary N) is 3. The standard InChI is InChI=1S/C53H81N3O20/c1-62-15-16-64-19-20-66-23-24-68-27-28-70-31-32-72-35-36-73-34-33-71-30-29-69-26-25-67-22-21-65-18-17-63-14-13-49(58)55-47-39-75-50-46(38-74-51(47)50)54-48(57)12-6-11-45(52(59)60)56-53(61)76-37-44-42-9-4-2-7-40(42)41-8-3-5-10-43(41)44/h2-5,7-10,44-47,50-51H,6,11-39H2,1H3,(H,54,57)(H,55,58)(H,56,61)(H,59,60)/t45-,46-,47-,50+,51+/m0/s1. The molecule has 0 aromatic heterocycles. The molecule has 0 radical (unpaired) electrons. The number of hydrogen-bond donors (Lipinski definition) is 4. The van der Waals surface area contributed by atoms with E-state index < -0.39 is 36.4 Å². The average molecular weight is 1080 g/mol. The molecule has 5 rings (SSSR count). The highest BCUT2D eigenvalue weighted by Crippen LogP contribution is 2.44. The number of hydrogen-bond acceptors (Lipinski definition) is 19. The third-order valence-electron chi connectivity index (χ3n) is 12.2. The zero-order valence-electron chi connectivity index (χ0n) is 44.0. The summed E-state index contributed by atoms with van der Waals surface area (Å²) in [6, 6.07) is 13.8. The Kier molecular flexibility index (Phi) is 32.0. The molecule has 0 unspecified atom stereocenters. The number of alkyl carbamates (subject to hydrolysis) is 1. The van der Waals surface area contributed by atoms with Crippen molar-refractivity contribution < 1.29 is 95.3 Å². The van der Waals surface area contributed by atoms with Crippen LogP contribution in [0.4, 0.5) is 4.79 Å². The summed E-state index contributed by atoms with van der Waals surface area (Å²) in [4.78, 5) is 50.3. The van der Waals surface area contributed by atoms with Gasteiger partial charge in [0.05, 0.1) is 177 Å². The van der Waals surface area contributed by atoms with E-state index in [2.05, 4.69) is 16.0 Å². The van der Waals surface area contributed by atoms with Gasteiger partial charge in [0.1, 0.15) is 24.9 Å². The second-order valence-electron chi connectivity index (χ2n) is 17.7. The van der Waals surface area contributed by atoms with Gasteiger partial charge in [-0.25, -0.2) is 9.59 Å². The lowest BCUT2D eigenvalue weighted by atomic mass is 9.98. The molecule has 2 aliphatic heterocycles. The minimum absolute atomic E-state index is 0.0207. The van der Waals surface area contributed by atoms with Crippen molar-refractivity contribution in [1.29, 1.82) is 0 Å². The molecule has 76 heavy (non-hydrogen) atoms. The van der Waals surface area contributed by atoms with Crippen LogP contribution in [0.25, 0.3) is 11.1 Å². The molecule has 2 aromatic carbocycles. The minimum Gasteiger partial charge on any atom is -0.480 e. The van der Waals surface area contributed by atoms with Gasteiger partial charge in [-0.15, -0.1) is 0 Å². The molecule has 2 aromatic rings. The van der Waals surface area contributed by atoms with Crippen molar-refractivity contribution in [2.75, 3.05) is 179 Å². The van der Waals surface area contributed by atoms with E-state index in [4.69, 9.17) is 71.1 Å². The molecule has 428 valence electrons. The quantitative estimate of drug-likeness (QED) is 0.0692. The number of carbonyl (C=O) groups is 4. The van der Waals surface area contributed by atoms with Gasteiger partial charge in [0, 0.05) is 25.9 Å². The Morgan fingerprint density at radius 1 is 0.513 bits per heavy atom. The number of rotatable bonds is 46. The largest absolute Gasteiger partial charge is 0.480 e. The van der Waals surface area contributed by atoms with E-state index in [1.165, 1.54) is 0 Å². The number of carboxylic acid groups (broad SMARTS) is 1. The van der Waals surface area contributed by atoms with E-state index in [0.29, 0.717) is 145 Å². The van der Waals surface area contributed by atoms with E-state index in [1.54, 1.807) is 7.11 Å². The third-order valence-corrected chi connectivity index (χ3v) is 12.2. The number of aliphatic carboxylic acids is 1. The Morgan fingerprint density at radius 2 is 0.868 bits per heavy atom. The van der Waals surface area contributed by atoms with Gasteiger partial charge >= 0.3 is 12.1 Å². The number of carbonyl (C=O) groups excluding carboxylic acids is 3. The van der Waals surface area contributed by atoms with Crippen LogP contribution in [0, 0.1) is 0 Å². The van der Waals surface area contributed by atoms with Gasteiger partial charge in [0.2, 0.25) is 11.8 Å². The first kappa shape index (κ1) is 62.4. The van der Waals surface area contributed by atoms with E-state index in [1.807, 2.05) is 48.5 Å². The summed E-state index contributed by atoms with van der Waals surface area (Å²) in [7, 11) is 1.64. The highest BCUT2D eigenvalue weighted by atomic mass is 16.6. The van der Waals surface area contributed by atoms with Crippen LogP contribution in [-0.4, -0.2) is 238 Å². The molecule has 5 atom stereocenters. The van der Waals surface area contributed by atoms with Crippen molar-refractivity contribution in [2.24, 2.45) is 0 Å². The number of carboxylic acids is 1. The van der Waals surface area contributed by atoms with Crippen LogP contribution in [0.15, 0.2) is 48.5 Å². The number of methoxy groups -OCH3 is 1. The molecular formula is C53H81N3O20. The molecule has 2 saturated heterocycles. The first-order valence-corrected chi connectivity index (χ1v) is 26.4. The summed E-state index contributed by atoms with van der Waals surface area (Å²) in [5.41, 5.74) is 4.26. The van der Waals surface area contributed by atoms with Gasteiger partial charge in [-0.3, -0.25) is 9.59 Å². The van der Waals surface area contributed by atoms with Crippen molar-refractivity contribution in [1.82, 2.24) is 16.0 Å². The molecular weight excluding hydrogens is 999 g/mol. The fourth-order valence-electron chi connectivity index (χ4n) is 8.42. The lowest BCUT2D eigenvalue weighted by Crippen LogP contribution is -2.47. The third kappa shape index (κ3) is 24.5. The van der Waals surface area contributed by atoms with E-state index in [0.717, 1.165) is 22.3 Å². The van der Waals surface area contributed by atoms with E-state index in [-0.39, 0.29) is 75.9 Å². The topological polar surface area (TPSA) is 263 Å². The number of benzene rings is 2. The van der Waals surface area contributed by atoms with E-state index >= 15 is 0 Å². The summed E-state index contributed by atoms with van der Waals surface area (Å²) in [5.74, 6) is -1.92. The van der Waals surface area contributed by atoms with Crippen LogP contribution in [0.1, 0.15) is 42.7 Å². The zero-order valence-corrected chi connectivity index (χ0v) is 44.0. The second-order valence-corrected chi connectivity index (χ2v) is 17.7. The maximum absolute atomic E-state index is 12.9. The Hall–Kier alpha value is -4.44. The molecule has 3 amide bonds. The van der Waals surface area contributed by atoms with Crippen molar-refractivity contribution in [3.8, 4) is 11.1 Å². The Balaban J connectivity index is 0.745. The van der Waals surface area contributed by atoms with Crippen LogP contribution >= 0.6 is 0 Å². The molecule has 3 aliphatic rings. The van der Waals surface area contributed by atoms with Crippen molar-refractivity contribution in [3.63, 3.8) is 0 Å². The van der Waals surface area contributed by atoms with E-state index in [9.17, 15) is 24.3 Å². The summed E-state index contributed by atoms with van der Waals surface area (Å²) in [6.45, 7) is 11.0. The molecule has 4 N–H and O–H groups in total. The fraction of sp³-hybridized carbons (Fsp3) is 0.698. The predicted molar refractivity (Wildman–Crippen MR) is 272 cm³/mol. The molecule has 0 bridgehead atoms. The SMILES string of the molecule is COCCOCCOCCOCCOCCOCCOCCOCCOCCOCCOCCOCCC(=O)N[C@H]1CO[C@H]2[C@@H]1OC[C@@H]2NC(=O)CCC[C@H](NC(=O)OCC1c2ccccc2-c2ccccc21)C(=O)O. The summed E-state index contributed by atoms with van der Waals surface area (Å²) in [5, 5.41) is 18.1. The first-order chi connectivity index (χ1) is 37.4. The smallest absolute Gasteiger partial charge is 0.407 e. The maximum Gasteiger partial charge on any atom is 0.407 e. The highest BCUT2D eigenvalue weighted by Gasteiger charge is 2.48. The molecule has 2 fully saturated rings. The molecule has 0 saturated carbocycles. The van der Waals surface area contributed by atoms with Crippen LogP contribution in [0.2, 0.25) is 0 Å². The number of ether oxygens (including phenoxy) is 15. The maximum atomic E-state index is 12.9. The normalized spacial score (nSPS) is 18.0. The second kappa shape index (κ2) is 39.0. The van der Waals surface area contributed by atoms with Crippen LogP contribution in [0.3, 0.4) is 0 Å². The number of amides is 3. The highest BCUT2D eigenvalue weighted by molar-refractivity contribution is 5.81. The molecule has 23 nitrogen and oxygen atoms in total. The predicted octanol–water partition coefficient (Wildman–Crippen LogP) is 2.13.